The molecule has 0 spiro atoms. The molecule has 1 saturated carbocycles. The molecule has 4 nitrogen and oxygen atoms in total. The number of aromatic nitrogens is 2. The average molecular weight is 348 g/mol. The maximum atomic E-state index is 5.61. The first kappa shape index (κ1) is 15.3. The predicted octanol–water partition coefficient (Wildman–Crippen LogP) is 4.14. The Morgan fingerprint density at radius 2 is 2.22 bits per heavy atom. The van der Waals surface area contributed by atoms with E-state index in [1.165, 1.54) is 29.5 Å². The van der Waals surface area contributed by atoms with Gasteiger partial charge in [-0.05, 0) is 53.6 Å². The third-order valence-corrected chi connectivity index (χ3v) is 6.04. The van der Waals surface area contributed by atoms with Gasteiger partial charge in [0.1, 0.15) is 5.82 Å². The second kappa shape index (κ2) is 6.71. The highest BCUT2D eigenvalue weighted by atomic mass is 32.1. The summed E-state index contributed by atoms with van der Waals surface area (Å²) < 4.78 is 10.2. The molecule has 23 heavy (non-hydrogen) atoms. The highest BCUT2D eigenvalue weighted by molar-refractivity contribution is 7.09. The third-order valence-electron chi connectivity index (χ3n) is 4.34. The number of hydrogen-bond donors (Lipinski definition) is 0. The zero-order valence-corrected chi connectivity index (χ0v) is 15.0. The predicted molar refractivity (Wildman–Crippen MR) is 95.5 cm³/mol. The first-order chi connectivity index (χ1) is 11.3. The van der Waals surface area contributed by atoms with E-state index >= 15 is 0 Å². The first-order valence-electron chi connectivity index (χ1n) is 8.15. The van der Waals surface area contributed by atoms with Gasteiger partial charge in [0, 0.05) is 30.5 Å². The minimum atomic E-state index is 0.613. The minimum Gasteiger partial charge on any atom is -0.377 e. The number of anilines is 1. The molecule has 0 N–H and O–H groups in total. The van der Waals surface area contributed by atoms with Gasteiger partial charge in [-0.25, -0.2) is 4.98 Å². The van der Waals surface area contributed by atoms with Crippen LogP contribution in [0.15, 0.2) is 22.4 Å². The van der Waals surface area contributed by atoms with Crippen LogP contribution in [0, 0.1) is 6.92 Å². The van der Waals surface area contributed by atoms with E-state index < -0.39 is 0 Å². The molecule has 0 atom stereocenters. The molecule has 0 bridgehead atoms. The molecular weight excluding hydrogens is 326 g/mol. The van der Waals surface area contributed by atoms with Gasteiger partial charge in [0.15, 0.2) is 0 Å². The standard InChI is InChI=1S/C17H21N3OS2/c1-12-10-22-11-15(12)8-20(7-13-3-2-6-21-9-13)17-18-16(19-23-17)14-4-5-14/h3,10-11,14H,2,4-9H2,1H3. The van der Waals surface area contributed by atoms with Crippen LogP contribution < -0.4 is 4.90 Å². The van der Waals surface area contributed by atoms with Crippen LogP contribution in [0.4, 0.5) is 5.13 Å². The molecule has 1 fully saturated rings. The Kier molecular flexibility index (Phi) is 4.46. The molecule has 2 aromatic heterocycles. The van der Waals surface area contributed by atoms with E-state index in [2.05, 4.69) is 33.0 Å². The number of nitrogens with zero attached hydrogens (tertiary/aromatic N) is 3. The van der Waals surface area contributed by atoms with Crippen LogP contribution in [0.2, 0.25) is 0 Å². The van der Waals surface area contributed by atoms with Crippen molar-refractivity contribution < 1.29 is 4.74 Å². The Labute approximate surface area is 145 Å². The summed E-state index contributed by atoms with van der Waals surface area (Å²) in [6, 6.07) is 0. The van der Waals surface area contributed by atoms with Gasteiger partial charge in [-0.15, -0.1) is 0 Å². The highest BCUT2D eigenvalue weighted by Crippen LogP contribution is 2.40. The first-order valence-corrected chi connectivity index (χ1v) is 9.87. The molecule has 0 saturated heterocycles. The van der Waals surface area contributed by atoms with E-state index in [0.29, 0.717) is 5.92 Å². The van der Waals surface area contributed by atoms with E-state index in [-0.39, 0.29) is 0 Å². The lowest BCUT2D eigenvalue weighted by Crippen LogP contribution is -2.27. The molecule has 3 heterocycles. The number of rotatable bonds is 6. The Balaban J connectivity index is 1.56. The lowest BCUT2D eigenvalue weighted by atomic mass is 10.1. The molecule has 6 heteroatoms. The van der Waals surface area contributed by atoms with Gasteiger partial charge in [0.25, 0.3) is 0 Å². The van der Waals surface area contributed by atoms with Gasteiger partial charge in [-0.3, -0.25) is 0 Å². The van der Waals surface area contributed by atoms with Crippen LogP contribution in [0.3, 0.4) is 0 Å². The molecule has 2 aromatic rings. The second-order valence-corrected chi connectivity index (χ2v) is 7.82. The summed E-state index contributed by atoms with van der Waals surface area (Å²) in [6.45, 7) is 5.55. The normalized spacial score (nSPS) is 18.0. The summed E-state index contributed by atoms with van der Waals surface area (Å²) in [5.74, 6) is 1.66. The van der Waals surface area contributed by atoms with Gasteiger partial charge in [0.05, 0.1) is 13.2 Å². The monoisotopic (exact) mass is 347 g/mol. The Morgan fingerprint density at radius 3 is 2.91 bits per heavy atom. The summed E-state index contributed by atoms with van der Waals surface area (Å²) in [5.41, 5.74) is 4.10. The minimum absolute atomic E-state index is 0.613. The summed E-state index contributed by atoms with van der Waals surface area (Å²) >= 11 is 3.31. The van der Waals surface area contributed by atoms with Crippen LogP contribution in [-0.4, -0.2) is 29.1 Å². The van der Waals surface area contributed by atoms with Gasteiger partial charge in [0.2, 0.25) is 5.13 Å². The van der Waals surface area contributed by atoms with Crippen molar-refractivity contribution >= 4 is 28.0 Å². The van der Waals surface area contributed by atoms with Crippen molar-refractivity contribution in [3.05, 3.63) is 39.4 Å². The van der Waals surface area contributed by atoms with Crippen molar-refractivity contribution in [1.29, 1.82) is 0 Å². The number of thiophene rings is 1. The van der Waals surface area contributed by atoms with Crippen molar-refractivity contribution in [2.45, 2.75) is 38.6 Å². The fourth-order valence-electron chi connectivity index (χ4n) is 2.77. The maximum absolute atomic E-state index is 5.61. The molecule has 0 amide bonds. The van der Waals surface area contributed by atoms with Crippen LogP contribution in [0.5, 0.6) is 0 Å². The van der Waals surface area contributed by atoms with Crippen LogP contribution >= 0.6 is 22.9 Å². The Morgan fingerprint density at radius 1 is 1.30 bits per heavy atom. The number of hydrogen-bond acceptors (Lipinski definition) is 6. The van der Waals surface area contributed by atoms with E-state index in [4.69, 9.17) is 9.72 Å². The Bertz CT molecular complexity index is 702. The third kappa shape index (κ3) is 3.65. The zero-order chi connectivity index (χ0) is 15.6. The van der Waals surface area contributed by atoms with Crippen molar-refractivity contribution in [2.75, 3.05) is 24.7 Å². The van der Waals surface area contributed by atoms with Crippen LogP contribution in [0.25, 0.3) is 0 Å². The molecule has 0 aromatic carbocycles. The summed E-state index contributed by atoms with van der Waals surface area (Å²) in [7, 11) is 0. The molecule has 0 radical (unpaired) electrons. The summed E-state index contributed by atoms with van der Waals surface area (Å²) in [5, 5.41) is 5.51. The molecular formula is C17H21N3OS2. The highest BCUT2D eigenvalue weighted by Gasteiger charge is 2.29. The van der Waals surface area contributed by atoms with Gasteiger partial charge in [-0.1, -0.05) is 6.08 Å². The smallest absolute Gasteiger partial charge is 0.205 e. The quantitative estimate of drug-likeness (QED) is 0.736. The molecule has 1 aliphatic heterocycles. The van der Waals surface area contributed by atoms with Gasteiger partial charge < -0.3 is 9.64 Å². The molecule has 0 unspecified atom stereocenters. The van der Waals surface area contributed by atoms with Crippen molar-refractivity contribution in [1.82, 2.24) is 9.36 Å². The maximum Gasteiger partial charge on any atom is 0.205 e. The van der Waals surface area contributed by atoms with Crippen LogP contribution in [-0.2, 0) is 11.3 Å². The van der Waals surface area contributed by atoms with E-state index in [0.717, 1.165) is 43.7 Å². The molecule has 2 aliphatic rings. The molecule has 122 valence electrons. The molecule has 4 rings (SSSR count). The average Bonchev–Trinajstić information content (AvgIpc) is 3.17. The lowest BCUT2D eigenvalue weighted by Gasteiger charge is -2.24. The van der Waals surface area contributed by atoms with E-state index in [1.807, 2.05) is 0 Å². The van der Waals surface area contributed by atoms with Gasteiger partial charge >= 0.3 is 0 Å². The second-order valence-electron chi connectivity index (χ2n) is 6.35. The van der Waals surface area contributed by atoms with Crippen LogP contribution in [0.1, 0.15) is 42.1 Å². The van der Waals surface area contributed by atoms with Crippen molar-refractivity contribution in [2.24, 2.45) is 0 Å². The molecule has 1 aliphatic carbocycles. The Hall–Kier alpha value is -1.24. The van der Waals surface area contributed by atoms with E-state index in [1.54, 1.807) is 22.9 Å². The lowest BCUT2D eigenvalue weighted by molar-refractivity contribution is 0.149. The topological polar surface area (TPSA) is 38.2 Å². The largest absolute Gasteiger partial charge is 0.377 e. The number of ether oxygens (including phenoxy) is 1. The number of aryl methyl sites for hydroxylation is 1. The van der Waals surface area contributed by atoms with Crippen molar-refractivity contribution in [3.8, 4) is 0 Å². The van der Waals surface area contributed by atoms with E-state index in [9.17, 15) is 0 Å². The summed E-state index contributed by atoms with van der Waals surface area (Å²) in [6.07, 6.45) is 5.83. The summed E-state index contributed by atoms with van der Waals surface area (Å²) in [4.78, 5) is 7.18. The fourth-order valence-corrected chi connectivity index (χ4v) is 4.36. The van der Waals surface area contributed by atoms with Gasteiger partial charge in [-0.2, -0.15) is 15.7 Å². The van der Waals surface area contributed by atoms with Crippen molar-refractivity contribution in [3.63, 3.8) is 0 Å². The SMILES string of the molecule is Cc1cscc1CN(CC1=CCCOC1)c1nc(C2CC2)ns1. The zero-order valence-electron chi connectivity index (χ0n) is 13.3. The fraction of sp³-hybridized carbons (Fsp3) is 0.529.